The molecule has 0 aliphatic carbocycles. The molecule has 21 heavy (non-hydrogen) atoms. The van der Waals surface area contributed by atoms with Crippen LogP contribution in [0.3, 0.4) is 0 Å². The fraction of sp³-hybridized carbons (Fsp3) is 0.600. The lowest BCUT2D eigenvalue weighted by atomic mass is 9.97. The quantitative estimate of drug-likeness (QED) is 0.381. The second-order valence-corrected chi connectivity index (χ2v) is 5.64. The van der Waals surface area contributed by atoms with Gasteiger partial charge in [-0.15, -0.1) is 0 Å². The lowest BCUT2D eigenvalue weighted by molar-refractivity contribution is 0.143. The predicted octanol–water partition coefficient (Wildman–Crippen LogP) is 1.66. The molecule has 1 atom stereocenters. The van der Waals surface area contributed by atoms with Crippen molar-refractivity contribution in [2.75, 3.05) is 31.7 Å². The summed E-state index contributed by atoms with van der Waals surface area (Å²) in [5, 5.41) is 12.2. The first-order chi connectivity index (χ1) is 10.1. The molecule has 1 fully saturated rings. The van der Waals surface area contributed by atoms with Crippen LogP contribution in [-0.4, -0.2) is 42.8 Å². The Balaban J connectivity index is 2.37. The van der Waals surface area contributed by atoms with Crippen LogP contribution in [0.5, 0.6) is 0 Å². The summed E-state index contributed by atoms with van der Waals surface area (Å²) < 4.78 is 5.28. The van der Waals surface area contributed by atoms with Gasteiger partial charge in [-0.2, -0.15) is 0 Å². The zero-order valence-electron chi connectivity index (χ0n) is 13.0. The number of nitrogens with zero attached hydrogens (tertiary/aromatic N) is 3. The summed E-state index contributed by atoms with van der Waals surface area (Å²) in [6.07, 6.45) is 2.29. The van der Waals surface area contributed by atoms with Gasteiger partial charge in [-0.3, -0.25) is 4.98 Å². The van der Waals surface area contributed by atoms with Crippen LogP contribution in [0.25, 0.3) is 0 Å². The van der Waals surface area contributed by atoms with E-state index >= 15 is 0 Å². The molecule has 1 aromatic heterocycles. The van der Waals surface area contributed by atoms with Crippen molar-refractivity contribution < 1.29 is 9.94 Å². The molecule has 0 saturated carbocycles. The first-order valence-electron chi connectivity index (χ1n) is 7.26. The van der Waals surface area contributed by atoms with Crippen molar-refractivity contribution in [3.05, 3.63) is 23.0 Å². The van der Waals surface area contributed by atoms with Gasteiger partial charge in [0.25, 0.3) is 0 Å². The SMILES string of the molecule is COCC1CCCN(c2cc(C)nc(C)c2/C(N)=N/O)C1. The van der Waals surface area contributed by atoms with E-state index < -0.39 is 0 Å². The number of hydrogen-bond acceptors (Lipinski definition) is 5. The molecule has 1 aromatic rings. The molecule has 1 aliphatic heterocycles. The maximum Gasteiger partial charge on any atom is 0.174 e. The topological polar surface area (TPSA) is 84.0 Å². The molecular weight excluding hydrogens is 268 g/mol. The minimum Gasteiger partial charge on any atom is -0.409 e. The van der Waals surface area contributed by atoms with Gasteiger partial charge in [0.05, 0.1) is 23.6 Å². The Bertz CT molecular complexity index is 529. The van der Waals surface area contributed by atoms with E-state index in [4.69, 9.17) is 15.7 Å². The molecule has 116 valence electrons. The third kappa shape index (κ3) is 3.44. The molecule has 0 amide bonds. The van der Waals surface area contributed by atoms with E-state index in [1.54, 1.807) is 7.11 Å². The first-order valence-corrected chi connectivity index (χ1v) is 7.26. The van der Waals surface area contributed by atoms with Gasteiger partial charge >= 0.3 is 0 Å². The minimum absolute atomic E-state index is 0.115. The standard InChI is InChI=1S/C15H24N4O2/c1-10-7-13(14(11(2)17-10)15(16)18-20)19-6-4-5-12(8-19)9-21-3/h7,12,20H,4-6,8-9H2,1-3H3,(H2,16,18). The second kappa shape index (κ2) is 6.76. The molecule has 6 nitrogen and oxygen atoms in total. The van der Waals surface area contributed by atoms with Crippen molar-refractivity contribution in [1.82, 2.24) is 4.98 Å². The maximum absolute atomic E-state index is 9.04. The molecule has 0 spiro atoms. The van der Waals surface area contributed by atoms with Crippen LogP contribution in [0.15, 0.2) is 11.2 Å². The Hall–Kier alpha value is -1.82. The van der Waals surface area contributed by atoms with E-state index in [-0.39, 0.29) is 5.84 Å². The van der Waals surface area contributed by atoms with Crippen molar-refractivity contribution in [1.29, 1.82) is 0 Å². The fourth-order valence-electron chi connectivity index (χ4n) is 3.08. The monoisotopic (exact) mass is 292 g/mol. The zero-order valence-corrected chi connectivity index (χ0v) is 13.0. The van der Waals surface area contributed by atoms with Gasteiger partial charge in [0, 0.05) is 25.9 Å². The number of ether oxygens (including phenoxy) is 1. The first kappa shape index (κ1) is 15.6. The van der Waals surface area contributed by atoms with Crippen LogP contribution in [0.1, 0.15) is 29.8 Å². The molecule has 2 heterocycles. The van der Waals surface area contributed by atoms with Gasteiger partial charge in [0.2, 0.25) is 0 Å². The van der Waals surface area contributed by atoms with Crippen molar-refractivity contribution in [3.63, 3.8) is 0 Å². The molecule has 1 unspecified atom stereocenters. The Labute approximate surface area is 125 Å². The highest BCUT2D eigenvalue weighted by Crippen LogP contribution is 2.28. The fourth-order valence-corrected chi connectivity index (χ4v) is 3.08. The average Bonchev–Trinajstić information content (AvgIpc) is 2.46. The predicted molar refractivity (Wildman–Crippen MR) is 83.0 cm³/mol. The van der Waals surface area contributed by atoms with Crippen molar-refractivity contribution in [2.45, 2.75) is 26.7 Å². The molecule has 1 aliphatic rings. The number of amidine groups is 1. The summed E-state index contributed by atoms with van der Waals surface area (Å²) in [6, 6.07) is 2.01. The van der Waals surface area contributed by atoms with Crippen LogP contribution in [-0.2, 0) is 4.74 Å². The molecule has 1 saturated heterocycles. The van der Waals surface area contributed by atoms with Gasteiger partial charge in [0.1, 0.15) is 0 Å². The Morgan fingerprint density at radius 2 is 2.33 bits per heavy atom. The number of piperidine rings is 1. The molecular formula is C15H24N4O2. The van der Waals surface area contributed by atoms with E-state index in [0.717, 1.165) is 48.8 Å². The van der Waals surface area contributed by atoms with Gasteiger partial charge in [-0.05, 0) is 38.7 Å². The number of nitrogens with two attached hydrogens (primary N) is 1. The molecule has 6 heteroatoms. The third-order valence-electron chi connectivity index (χ3n) is 3.93. The number of aryl methyl sites for hydroxylation is 2. The Morgan fingerprint density at radius 3 is 3.00 bits per heavy atom. The number of oxime groups is 1. The summed E-state index contributed by atoms with van der Waals surface area (Å²) in [5.41, 5.74) is 9.30. The number of rotatable bonds is 4. The Morgan fingerprint density at radius 1 is 1.57 bits per heavy atom. The van der Waals surface area contributed by atoms with Crippen LogP contribution >= 0.6 is 0 Å². The smallest absolute Gasteiger partial charge is 0.174 e. The van der Waals surface area contributed by atoms with Gasteiger partial charge in [-0.1, -0.05) is 5.16 Å². The number of aromatic nitrogens is 1. The van der Waals surface area contributed by atoms with Crippen molar-refractivity contribution in [3.8, 4) is 0 Å². The third-order valence-corrected chi connectivity index (χ3v) is 3.93. The van der Waals surface area contributed by atoms with Crippen molar-refractivity contribution >= 4 is 11.5 Å². The summed E-state index contributed by atoms with van der Waals surface area (Å²) in [4.78, 5) is 6.72. The molecule has 0 radical (unpaired) electrons. The van der Waals surface area contributed by atoms with E-state index in [2.05, 4.69) is 15.0 Å². The lowest BCUT2D eigenvalue weighted by Crippen LogP contribution is -2.38. The van der Waals surface area contributed by atoms with Crippen LogP contribution in [0.2, 0.25) is 0 Å². The van der Waals surface area contributed by atoms with E-state index in [0.29, 0.717) is 5.92 Å². The van der Waals surface area contributed by atoms with E-state index in [1.807, 2.05) is 19.9 Å². The highest BCUT2D eigenvalue weighted by molar-refractivity contribution is 6.03. The number of pyridine rings is 1. The van der Waals surface area contributed by atoms with Gasteiger partial charge in [-0.25, -0.2) is 0 Å². The Kier molecular flexibility index (Phi) is 5.01. The van der Waals surface area contributed by atoms with E-state index in [1.165, 1.54) is 6.42 Å². The second-order valence-electron chi connectivity index (χ2n) is 5.64. The average molecular weight is 292 g/mol. The summed E-state index contributed by atoms with van der Waals surface area (Å²) in [5.74, 6) is 0.626. The summed E-state index contributed by atoms with van der Waals surface area (Å²) in [7, 11) is 1.74. The van der Waals surface area contributed by atoms with E-state index in [9.17, 15) is 0 Å². The van der Waals surface area contributed by atoms with Gasteiger partial charge < -0.3 is 20.6 Å². The molecule has 2 rings (SSSR count). The molecule has 0 bridgehead atoms. The number of anilines is 1. The lowest BCUT2D eigenvalue weighted by Gasteiger charge is -2.35. The van der Waals surface area contributed by atoms with Crippen LogP contribution in [0.4, 0.5) is 5.69 Å². The van der Waals surface area contributed by atoms with Crippen LogP contribution in [0, 0.1) is 19.8 Å². The highest BCUT2D eigenvalue weighted by atomic mass is 16.5. The maximum atomic E-state index is 9.04. The normalized spacial score (nSPS) is 19.9. The number of hydrogen-bond donors (Lipinski definition) is 2. The summed E-state index contributed by atoms with van der Waals surface area (Å²) in [6.45, 7) is 6.50. The minimum atomic E-state index is 0.115. The number of methoxy groups -OCH3 is 1. The molecule has 3 N–H and O–H groups in total. The zero-order chi connectivity index (χ0) is 15.4. The molecule has 0 aromatic carbocycles. The van der Waals surface area contributed by atoms with Crippen molar-refractivity contribution in [2.24, 2.45) is 16.8 Å². The van der Waals surface area contributed by atoms with Crippen LogP contribution < -0.4 is 10.6 Å². The highest BCUT2D eigenvalue weighted by Gasteiger charge is 2.24. The summed E-state index contributed by atoms with van der Waals surface area (Å²) >= 11 is 0. The van der Waals surface area contributed by atoms with Gasteiger partial charge in [0.15, 0.2) is 5.84 Å². The largest absolute Gasteiger partial charge is 0.409 e.